The molecule has 0 aromatic carbocycles. The first kappa shape index (κ1) is 21.0. The molecule has 24 heavy (non-hydrogen) atoms. The van der Waals surface area contributed by atoms with Crippen molar-refractivity contribution in [3.8, 4) is 0 Å². The van der Waals surface area contributed by atoms with Crippen molar-refractivity contribution >= 4 is 0 Å². The minimum atomic E-state index is 0.758. The molecule has 0 saturated carbocycles. The van der Waals surface area contributed by atoms with E-state index in [1.54, 1.807) is 5.57 Å². The molecule has 0 radical (unpaired) electrons. The Morgan fingerprint density at radius 3 is 2.71 bits per heavy atom. The van der Waals surface area contributed by atoms with Gasteiger partial charge >= 0.3 is 0 Å². The first-order valence-electron chi connectivity index (χ1n) is 10.2. The minimum Gasteiger partial charge on any atom is -0.0999 e. The summed E-state index contributed by atoms with van der Waals surface area (Å²) >= 11 is 0. The van der Waals surface area contributed by atoms with E-state index in [0.29, 0.717) is 0 Å². The summed E-state index contributed by atoms with van der Waals surface area (Å²) in [4.78, 5) is 0. The van der Waals surface area contributed by atoms with E-state index in [1.165, 1.54) is 75.4 Å². The Kier molecular flexibility index (Phi) is 10.8. The molecule has 0 bridgehead atoms. The van der Waals surface area contributed by atoms with Crippen molar-refractivity contribution in [3.63, 3.8) is 0 Å². The van der Waals surface area contributed by atoms with E-state index in [4.69, 9.17) is 0 Å². The highest BCUT2D eigenvalue weighted by molar-refractivity contribution is 5.24. The summed E-state index contributed by atoms with van der Waals surface area (Å²) in [6.45, 7) is 13.3. The molecule has 1 atom stereocenters. The number of hydrogen-bond acceptors (Lipinski definition) is 0. The predicted molar refractivity (Wildman–Crippen MR) is 110 cm³/mol. The van der Waals surface area contributed by atoms with Crippen LogP contribution in [0.5, 0.6) is 0 Å². The van der Waals surface area contributed by atoms with E-state index in [2.05, 4.69) is 58.6 Å². The van der Waals surface area contributed by atoms with Crippen LogP contribution in [-0.2, 0) is 0 Å². The van der Waals surface area contributed by atoms with Gasteiger partial charge in [-0.05, 0) is 76.5 Å². The Bertz CT molecular complexity index is 445. The van der Waals surface area contributed by atoms with E-state index in [-0.39, 0.29) is 0 Å². The second kappa shape index (κ2) is 12.3. The third-order valence-electron chi connectivity index (χ3n) is 5.23. The van der Waals surface area contributed by atoms with Crippen molar-refractivity contribution in [1.82, 2.24) is 0 Å². The molecule has 0 aromatic rings. The molecule has 0 fully saturated rings. The molecule has 0 heterocycles. The third-order valence-corrected chi connectivity index (χ3v) is 5.23. The average Bonchev–Trinajstić information content (AvgIpc) is 2.57. The fourth-order valence-corrected chi connectivity index (χ4v) is 3.51. The Hall–Kier alpha value is -1.04. The molecule has 0 spiro atoms. The van der Waals surface area contributed by atoms with Crippen molar-refractivity contribution in [2.24, 2.45) is 11.8 Å². The van der Waals surface area contributed by atoms with Gasteiger partial charge in [0, 0.05) is 0 Å². The third kappa shape index (κ3) is 9.30. The molecule has 0 heteroatoms. The van der Waals surface area contributed by atoms with Gasteiger partial charge < -0.3 is 0 Å². The van der Waals surface area contributed by atoms with Crippen molar-refractivity contribution < 1.29 is 0 Å². The number of allylic oxidation sites excluding steroid dienone is 7. The van der Waals surface area contributed by atoms with Crippen LogP contribution < -0.4 is 0 Å². The molecule has 1 unspecified atom stereocenters. The Balaban J connectivity index is 2.28. The molecule has 1 rings (SSSR count). The second-order valence-electron chi connectivity index (χ2n) is 7.87. The largest absolute Gasteiger partial charge is 0.0999 e. The van der Waals surface area contributed by atoms with Crippen LogP contribution in [-0.4, -0.2) is 0 Å². The SMILES string of the molecule is C=C(CCCC(C)C)CCC1=CC(CCC/C(=C\C)CC)CC=C1. The van der Waals surface area contributed by atoms with Crippen LogP contribution in [0, 0.1) is 11.8 Å². The van der Waals surface area contributed by atoms with Crippen LogP contribution in [0.3, 0.4) is 0 Å². The van der Waals surface area contributed by atoms with Gasteiger partial charge in [0.15, 0.2) is 0 Å². The maximum Gasteiger partial charge on any atom is -0.0193 e. The monoisotopic (exact) mass is 328 g/mol. The van der Waals surface area contributed by atoms with Gasteiger partial charge in [-0.15, -0.1) is 0 Å². The van der Waals surface area contributed by atoms with Crippen LogP contribution in [0.25, 0.3) is 0 Å². The van der Waals surface area contributed by atoms with E-state index in [9.17, 15) is 0 Å². The Morgan fingerprint density at radius 2 is 2.04 bits per heavy atom. The first-order valence-corrected chi connectivity index (χ1v) is 10.2. The summed E-state index contributed by atoms with van der Waals surface area (Å²) in [5.74, 6) is 1.58. The molecular formula is C24H40. The fraction of sp³-hybridized carbons (Fsp3) is 0.667. The molecule has 136 valence electrons. The molecule has 0 aromatic heterocycles. The van der Waals surface area contributed by atoms with Gasteiger partial charge in [-0.2, -0.15) is 0 Å². The Morgan fingerprint density at radius 1 is 1.25 bits per heavy atom. The molecule has 0 saturated heterocycles. The van der Waals surface area contributed by atoms with Crippen LogP contribution in [0.2, 0.25) is 0 Å². The molecule has 1 aliphatic rings. The zero-order valence-corrected chi connectivity index (χ0v) is 16.7. The second-order valence-corrected chi connectivity index (χ2v) is 7.87. The van der Waals surface area contributed by atoms with Gasteiger partial charge in [0.05, 0.1) is 0 Å². The lowest BCUT2D eigenvalue weighted by Gasteiger charge is -2.17. The van der Waals surface area contributed by atoms with Crippen LogP contribution in [0.4, 0.5) is 0 Å². The smallest absolute Gasteiger partial charge is 0.0193 e. The normalized spacial score (nSPS) is 18.1. The summed E-state index contributed by atoms with van der Waals surface area (Å²) in [6, 6.07) is 0. The summed E-state index contributed by atoms with van der Waals surface area (Å²) in [7, 11) is 0. The van der Waals surface area contributed by atoms with Crippen LogP contribution >= 0.6 is 0 Å². The van der Waals surface area contributed by atoms with Gasteiger partial charge in [0.2, 0.25) is 0 Å². The van der Waals surface area contributed by atoms with E-state index < -0.39 is 0 Å². The van der Waals surface area contributed by atoms with Gasteiger partial charge in [-0.1, -0.05) is 74.8 Å². The molecule has 0 aliphatic heterocycles. The molecule has 0 N–H and O–H groups in total. The van der Waals surface area contributed by atoms with E-state index in [1.807, 2.05) is 0 Å². The highest BCUT2D eigenvalue weighted by Gasteiger charge is 2.10. The van der Waals surface area contributed by atoms with E-state index in [0.717, 1.165) is 11.8 Å². The van der Waals surface area contributed by atoms with Crippen molar-refractivity contribution in [2.45, 2.75) is 91.9 Å². The number of hydrogen-bond donors (Lipinski definition) is 0. The van der Waals surface area contributed by atoms with Crippen molar-refractivity contribution in [3.05, 3.63) is 47.6 Å². The summed E-state index contributed by atoms with van der Waals surface area (Å²) < 4.78 is 0. The summed E-state index contributed by atoms with van der Waals surface area (Å²) in [5.41, 5.74) is 4.59. The topological polar surface area (TPSA) is 0 Å². The minimum absolute atomic E-state index is 0.758. The lowest BCUT2D eigenvalue weighted by Crippen LogP contribution is -2.01. The molecule has 0 amide bonds. The average molecular weight is 329 g/mol. The predicted octanol–water partition coefficient (Wildman–Crippen LogP) is 8.18. The zero-order valence-electron chi connectivity index (χ0n) is 16.7. The maximum atomic E-state index is 4.29. The maximum absolute atomic E-state index is 4.29. The summed E-state index contributed by atoms with van der Waals surface area (Å²) in [6.07, 6.45) is 22.2. The van der Waals surface area contributed by atoms with Crippen molar-refractivity contribution in [1.29, 1.82) is 0 Å². The van der Waals surface area contributed by atoms with E-state index >= 15 is 0 Å². The lowest BCUT2D eigenvalue weighted by molar-refractivity contribution is 0.548. The molecule has 0 nitrogen and oxygen atoms in total. The van der Waals surface area contributed by atoms with Crippen LogP contribution in [0.15, 0.2) is 47.6 Å². The van der Waals surface area contributed by atoms with Crippen molar-refractivity contribution in [2.75, 3.05) is 0 Å². The quantitative estimate of drug-likeness (QED) is 0.317. The fourth-order valence-electron chi connectivity index (χ4n) is 3.51. The molecular weight excluding hydrogens is 288 g/mol. The first-order chi connectivity index (χ1) is 11.5. The van der Waals surface area contributed by atoms with Gasteiger partial charge in [0.25, 0.3) is 0 Å². The number of rotatable bonds is 12. The van der Waals surface area contributed by atoms with Gasteiger partial charge in [-0.25, -0.2) is 0 Å². The van der Waals surface area contributed by atoms with Gasteiger partial charge in [0.1, 0.15) is 0 Å². The highest BCUT2D eigenvalue weighted by Crippen LogP contribution is 2.27. The molecule has 1 aliphatic carbocycles. The lowest BCUT2D eigenvalue weighted by atomic mass is 9.88. The van der Waals surface area contributed by atoms with Crippen LogP contribution in [0.1, 0.15) is 91.9 Å². The zero-order chi connectivity index (χ0) is 17.8. The standard InChI is InChI=1S/C24H40/c1-6-22(7-2)13-9-14-23-15-10-16-24(19-23)18-17-21(5)12-8-11-20(3)4/h6,10,16,19-20,23H,5,7-9,11-15,17-18H2,1-4H3/b22-6-. The summed E-state index contributed by atoms with van der Waals surface area (Å²) in [5, 5.41) is 0. The highest BCUT2D eigenvalue weighted by atomic mass is 14.2. The Labute approximate surface area is 151 Å². The van der Waals surface area contributed by atoms with Gasteiger partial charge in [-0.3, -0.25) is 0 Å².